The Labute approximate surface area is 114 Å². The Hall–Kier alpha value is -1.83. The predicted octanol–water partition coefficient (Wildman–Crippen LogP) is 1.89. The standard InChI is InChI=1S/C11H15N5O2S/c1-4-5-7-8(10(17)18)12-15-16(7)11-14-13-9(19-11)6(2)3/h6H,4-5H2,1-3H3,(H,17,18). The molecule has 0 spiro atoms. The second-order valence-corrected chi connectivity index (χ2v) is 5.42. The lowest BCUT2D eigenvalue weighted by Crippen LogP contribution is -2.06. The van der Waals surface area contributed by atoms with Gasteiger partial charge in [-0.1, -0.05) is 43.7 Å². The lowest BCUT2D eigenvalue weighted by Gasteiger charge is -2.01. The lowest BCUT2D eigenvalue weighted by atomic mass is 10.2. The van der Waals surface area contributed by atoms with Crippen LogP contribution >= 0.6 is 11.3 Å². The van der Waals surface area contributed by atoms with Crippen LogP contribution in [0.1, 0.15) is 54.3 Å². The summed E-state index contributed by atoms with van der Waals surface area (Å²) in [5.41, 5.74) is 0.560. The van der Waals surface area contributed by atoms with Gasteiger partial charge in [-0.15, -0.1) is 15.3 Å². The zero-order chi connectivity index (χ0) is 14.0. The fourth-order valence-electron chi connectivity index (χ4n) is 1.63. The van der Waals surface area contributed by atoms with Crippen molar-refractivity contribution in [3.8, 4) is 5.13 Å². The van der Waals surface area contributed by atoms with Gasteiger partial charge in [-0.2, -0.15) is 4.68 Å². The molecule has 102 valence electrons. The van der Waals surface area contributed by atoms with Gasteiger partial charge in [0.15, 0.2) is 5.69 Å². The van der Waals surface area contributed by atoms with Crippen molar-refractivity contribution in [3.63, 3.8) is 0 Å². The Balaban J connectivity index is 2.45. The van der Waals surface area contributed by atoms with Gasteiger partial charge in [0.1, 0.15) is 5.01 Å². The van der Waals surface area contributed by atoms with Crippen LogP contribution < -0.4 is 0 Å². The van der Waals surface area contributed by atoms with Crippen molar-refractivity contribution in [2.45, 2.75) is 39.5 Å². The van der Waals surface area contributed by atoms with Gasteiger partial charge in [-0.05, 0) is 6.42 Å². The number of hydrogen-bond donors (Lipinski definition) is 1. The van der Waals surface area contributed by atoms with E-state index in [1.807, 2.05) is 20.8 Å². The minimum absolute atomic E-state index is 0.0110. The highest BCUT2D eigenvalue weighted by molar-refractivity contribution is 7.13. The topological polar surface area (TPSA) is 93.8 Å². The highest BCUT2D eigenvalue weighted by atomic mass is 32.1. The SMILES string of the molecule is CCCc1c(C(=O)O)nnn1-c1nnc(C(C)C)s1. The van der Waals surface area contributed by atoms with Crippen LogP contribution in [0.5, 0.6) is 0 Å². The molecule has 0 saturated carbocycles. The number of hydrogen-bond acceptors (Lipinski definition) is 6. The summed E-state index contributed by atoms with van der Waals surface area (Å²) in [5.74, 6) is -0.786. The summed E-state index contributed by atoms with van der Waals surface area (Å²) >= 11 is 1.40. The average molecular weight is 281 g/mol. The molecular formula is C11H15N5O2S. The number of nitrogens with zero attached hydrogens (tertiary/aromatic N) is 5. The zero-order valence-corrected chi connectivity index (χ0v) is 11.8. The molecule has 0 aromatic carbocycles. The third-order valence-electron chi connectivity index (χ3n) is 2.56. The molecule has 2 aromatic heterocycles. The zero-order valence-electron chi connectivity index (χ0n) is 11.0. The largest absolute Gasteiger partial charge is 0.476 e. The van der Waals surface area contributed by atoms with E-state index in [0.29, 0.717) is 17.2 Å². The molecule has 0 aliphatic rings. The van der Waals surface area contributed by atoms with Crippen LogP contribution in [0.4, 0.5) is 0 Å². The molecule has 2 rings (SSSR count). The minimum atomic E-state index is -1.07. The first-order chi connectivity index (χ1) is 9.04. The van der Waals surface area contributed by atoms with E-state index in [1.54, 1.807) is 0 Å². The maximum absolute atomic E-state index is 11.1. The molecule has 0 atom stereocenters. The van der Waals surface area contributed by atoms with Crippen LogP contribution in [0.2, 0.25) is 0 Å². The molecule has 2 heterocycles. The average Bonchev–Trinajstić information content (AvgIpc) is 2.94. The Morgan fingerprint density at radius 2 is 2.11 bits per heavy atom. The Bertz CT molecular complexity index is 590. The second kappa shape index (κ2) is 5.43. The molecule has 0 fully saturated rings. The number of carbonyl (C=O) groups is 1. The van der Waals surface area contributed by atoms with Gasteiger partial charge in [0.2, 0.25) is 5.13 Å². The highest BCUT2D eigenvalue weighted by Crippen LogP contribution is 2.23. The van der Waals surface area contributed by atoms with Gasteiger partial charge >= 0.3 is 5.97 Å². The summed E-state index contributed by atoms with van der Waals surface area (Å²) in [7, 11) is 0. The van der Waals surface area contributed by atoms with Crippen molar-refractivity contribution in [2.24, 2.45) is 0 Å². The van der Waals surface area contributed by atoms with E-state index in [4.69, 9.17) is 5.11 Å². The molecule has 8 heteroatoms. The van der Waals surface area contributed by atoms with Crippen LogP contribution in [0.15, 0.2) is 0 Å². The second-order valence-electron chi connectivity index (χ2n) is 4.43. The quantitative estimate of drug-likeness (QED) is 0.899. The van der Waals surface area contributed by atoms with Gasteiger partial charge in [0.25, 0.3) is 0 Å². The first-order valence-electron chi connectivity index (χ1n) is 6.06. The van der Waals surface area contributed by atoms with Crippen LogP contribution in [-0.2, 0) is 6.42 Å². The van der Waals surface area contributed by atoms with E-state index >= 15 is 0 Å². The van der Waals surface area contributed by atoms with Crippen molar-refractivity contribution >= 4 is 17.3 Å². The summed E-state index contributed by atoms with van der Waals surface area (Å²) in [4.78, 5) is 11.1. The molecule has 0 saturated heterocycles. The Kier molecular flexibility index (Phi) is 3.89. The fourth-order valence-corrected chi connectivity index (χ4v) is 2.45. The molecule has 0 amide bonds. The van der Waals surface area contributed by atoms with Crippen molar-refractivity contribution in [1.29, 1.82) is 0 Å². The molecule has 2 aromatic rings. The molecule has 0 unspecified atom stereocenters. The molecule has 1 N–H and O–H groups in total. The van der Waals surface area contributed by atoms with Crippen molar-refractivity contribution < 1.29 is 9.90 Å². The smallest absolute Gasteiger partial charge is 0.358 e. The van der Waals surface area contributed by atoms with Crippen LogP contribution in [0, 0.1) is 0 Å². The van der Waals surface area contributed by atoms with E-state index < -0.39 is 5.97 Å². The minimum Gasteiger partial charge on any atom is -0.476 e. The normalized spacial score (nSPS) is 11.2. The maximum Gasteiger partial charge on any atom is 0.358 e. The van der Waals surface area contributed by atoms with E-state index in [-0.39, 0.29) is 11.6 Å². The van der Waals surface area contributed by atoms with E-state index in [0.717, 1.165) is 11.4 Å². The van der Waals surface area contributed by atoms with Crippen LogP contribution in [0.3, 0.4) is 0 Å². The maximum atomic E-state index is 11.1. The summed E-state index contributed by atoms with van der Waals surface area (Å²) in [6.07, 6.45) is 1.40. The number of carboxylic acids is 1. The van der Waals surface area contributed by atoms with Gasteiger partial charge in [-0.3, -0.25) is 0 Å². The summed E-state index contributed by atoms with van der Waals surface area (Å²) in [6, 6.07) is 0. The third kappa shape index (κ3) is 2.62. The molecule has 0 aliphatic carbocycles. The van der Waals surface area contributed by atoms with Gasteiger partial charge in [0, 0.05) is 5.92 Å². The van der Waals surface area contributed by atoms with Crippen LogP contribution in [0.25, 0.3) is 5.13 Å². The molecule has 19 heavy (non-hydrogen) atoms. The van der Waals surface area contributed by atoms with Crippen LogP contribution in [-0.4, -0.2) is 36.3 Å². The molecule has 0 aliphatic heterocycles. The summed E-state index contributed by atoms with van der Waals surface area (Å²) in [6.45, 7) is 6.03. The molecular weight excluding hydrogens is 266 g/mol. The van der Waals surface area contributed by atoms with Crippen molar-refractivity contribution in [3.05, 3.63) is 16.4 Å². The number of rotatable bonds is 5. The third-order valence-corrected chi connectivity index (χ3v) is 3.76. The number of aromatic nitrogens is 5. The first-order valence-corrected chi connectivity index (χ1v) is 6.87. The highest BCUT2D eigenvalue weighted by Gasteiger charge is 2.21. The molecule has 7 nitrogen and oxygen atoms in total. The monoisotopic (exact) mass is 281 g/mol. The number of aromatic carboxylic acids is 1. The molecule has 0 bridgehead atoms. The van der Waals surface area contributed by atoms with Gasteiger partial charge in [0.05, 0.1) is 5.69 Å². The van der Waals surface area contributed by atoms with Gasteiger partial charge in [-0.25, -0.2) is 4.79 Å². The Morgan fingerprint density at radius 3 is 2.63 bits per heavy atom. The van der Waals surface area contributed by atoms with E-state index in [9.17, 15) is 4.79 Å². The first kappa shape index (κ1) is 13.6. The fraction of sp³-hybridized carbons (Fsp3) is 0.545. The van der Waals surface area contributed by atoms with Crippen molar-refractivity contribution in [2.75, 3.05) is 0 Å². The van der Waals surface area contributed by atoms with Crippen molar-refractivity contribution in [1.82, 2.24) is 25.2 Å². The summed E-state index contributed by atoms with van der Waals surface area (Å²) < 4.78 is 1.48. The molecule has 0 radical (unpaired) electrons. The van der Waals surface area contributed by atoms with Gasteiger partial charge < -0.3 is 5.11 Å². The van der Waals surface area contributed by atoms with E-state index in [1.165, 1.54) is 16.0 Å². The lowest BCUT2D eigenvalue weighted by molar-refractivity contribution is 0.0689. The predicted molar refractivity (Wildman–Crippen MR) is 69.9 cm³/mol. The summed E-state index contributed by atoms with van der Waals surface area (Å²) in [5, 5.41) is 26.3. The number of carboxylic acid groups (broad SMARTS) is 1. The Morgan fingerprint density at radius 1 is 1.37 bits per heavy atom. The van der Waals surface area contributed by atoms with E-state index in [2.05, 4.69) is 20.5 Å².